The first-order chi connectivity index (χ1) is 7.75. The molecule has 0 unspecified atom stereocenters. The molecule has 8 heteroatoms. The van der Waals surface area contributed by atoms with Crippen molar-refractivity contribution < 1.29 is 0 Å². The zero-order chi connectivity index (χ0) is 11.1. The van der Waals surface area contributed by atoms with E-state index in [9.17, 15) is 0 Å². The minimum Gasteiger partial charge on any atom is -0.368 e. The highest BCUT2D eigenvalue weighted by Crippen LogP contribution is 2.23. The number of fused-ring (bicyclic) bond motifs is 1. The predicted molar refractivity (Wildman–Crippen MR) is 56.1 cm³/mol. The van der Waals surface area contributed by atoms with E-state index in [4.69, 9.17) is 5.73 Å². The van der Waals surface area contributed by atoms with Crippen LogP contribution < -0.4 is 5.73 Å². The molecule has 0 fully saturated rings. The maximum absolute atomic E-state index is 5.62. The van der Waals surface area contributed by atoms with Gasteiger partial charge in [0.25, 0.3) is 0 Å². The second-order valence-electron chi connectivity index (χ2n) is 3.31. The quantitative estimate of drug-likeness (QED) is 0.579. The summed E-state index contributed by atoms with van der Waals surface area (Å²) in [6, 6.07) is 0. The number of anilines is 1. The minimum atomic E-state index is 0.188. The van der Waals surface area contributed by atoms with Crippen LogP contribution in [0.25, 0.3) is 22.4 Å². The third-order valence-electron chi connectivity index (χ3n) is 2.28. The monoisotopic (exact) mass is 216 g/mol. The van der Waals surface area contributed by atoms with Crippen molar-refractivity contribution in [3.05, 3.63) is 12.4 Å². The Hall–Kier alpha value is -2.51. The fourth-order valence-electron chi connectivity index (χ4n) is 1.55. The summed E-state index contributed by atoms with van der Waals surface area (Å²) in [6.07, 6.45) is 3.27. The number of hydrogen-bond donors (Lipinski definition) is 2. The summed E-state index contributed by atoms with van der Waals surface area (Å²) in [6.45, 7) is 0. The number of hydrogen-bond acceptors (Lipinski definition) is 6. The van der Waals surface area contributed by atoms with Crippen molar-refractivity contribution in [3.8, 4) is 11.4 Å². The number of H-pyrrole nitrogens is 1. The summed E-state index contributed by atoms with van der Waals surface area (Å²) in [5.41, 5.74) is 7.66. The Morgan fingerprint density at radius 3 is 2.94 bits per heavy atom. The highest BCUT2D eigenvalue weighted by atomic mass is 15.4. The third kappa shape index (κ3) is 1.13. The van der Waals surface area contributed by atoms with Gasteiger partial charge in [0.05, 0.1) is 17.8 Å². The summed E-state index contributed by atoms with van der Waals surface area (Å²) >= 11 is 0. The number of aromatic nitrogens is 7. The van der Waals surface area contributed by atoms with Crippen LogP contribution in [0.3, 0.4) is 0 Å². The number of nitrogens with zero attached hydrogens (tertiary/aromatic N) is 6. The predicted octanol–water partition coefficient (Wildman–Crippen LogP) is -0.269. The van der Waals surface area contributed by atoms with Crippen molar-refractivity contribution >= 4 is 17.0 Å². The molecule has 0 atom stereocenters. The standard InChI is InChI=1S/C8H8N8/c1-16-5(3-11-15-16)6-4-2-10-14-7(4)13-8(9)12-6/h2-3H,1H3,(H3,9,10,12,13,14). The van der Waals surface area contributed by atoms with E-state index >= 15 is 0 Å². The molecule has 3 rings (SSSR count). The van der Waals surface area contributed by atoms with Gasteiger partial charge in [-0.25, -0.2) is 9.67 Å². The van der Waals surface area contributed by atoms with Gasteiger partial charge in [-0.2, -0.15) is 10.1 Å². The first-order valence-corrected chi connectivity index (χ1v) is 4.57. The molecule has 0 saturated carbocycles. The van der Waals surface area contributed by atoms with Crippen molar-refractivity contribution in [2.45, 2.75) is 0 Å². The van der Waals surface area contributed by atoms with Crippen LogP contribution in [0.5, 0.6) is 0 Å². The van der Waals surface area contributed by atoms with Crippen LogP contribution in [0.2, 0.25) is 0 Å². The Morgan fingerprint density at radius 1 is 1.31 bits per heavy atom. The fraction of sp³-hybridized carbons (Fsp3) is 0.125. The molecule has 3 heterocycles. The van der Waals surface area contributed by atoms with Crippen molar-refractivity contribution in [1.82, 2.24) is 35.2 Å². The first-order valence-electron chi connectivity index (χ1n) is 4.57. The zero-order valence-corrected chi connectivity index (χ0v) is 8.42. The van der Waals surface area contributed by atoms with Crippen molar-refractivity contribution in [3.63, 3.8) is 0 Å². The molecule has 0 aliphatic rings. The second-order valence-corrected chi connectivity index (χ2v) is 3.31. The number of aryl methyl sites for hydroxylation is 1. The van der Waals surface area contributed by atoms with Gasteiger partial charge >= 0.3 is 0 Å². The highest BCUT2D eigenvalue weighted by molar-refractivity contribution is 5.89. The second kappa shape index (κ2) is 2.99. The molecule has 0 spiro atoms. The summed E-state index contributed by atoms with van der Waals surface area (Å²) in [5.74, 6) is 0.188. The Morgan fingerprint density at radius 2 is 2.19 bits per heavy atom. The molecular formula is C8H8N8. The van der Waals surface area contributed by atoms with Gasteiger partial charge in [0.15, 0.2) is 5.65 Å². The molecule has 0 radical (unpaired) electrons. The molecular weight excluding hydrogens is 208 g/mol. The first kappa shape index (κ1) is 8.77. The van der Waals surface area contributed by atoms with Crippen LogP contribution in [0.4, 0.5) is 5.95 Å². The lowest BCUT2D eigenvalue weighted by Crippen LogP contribution is -2.00. The van der Waals surface area contributed by atoms with Crippen molar-refractivity contribution in [1.29, 1.82) is 0 Å². The summed E-state index contributed by atoms with van der Waals surface area (Å²) in [4.78, 5) is 8.22. The number of nitrogen functional groups attached to an aromatic ring is 1. The lowest BCUT2D eigenvalue weighted by Gasteiger charge is -2.01. The maximum atomic E-state index is 5.62. The van der Waals surface area contributed by atoms with Gasteiger partial charge in [-0.3, -0.25) is 5.10 Å². The molecule has 8 nitrogen and oxygen atoms in total. The van der Waals surface area contributed by atoms with E-state index in [1.54, 1.807) is 24.1 Å². The van der Waals surface area contributed by atoms with Gasteiger partial charge in [-0.1, -0.05) is 5.21 Å². The number of rotatable bonds is 1. The minimum absolute atomic E-state index is 0.188. The summed E-state index contributed by atoms with van der Waals surface area (Å²) in [7, 11) is 1.78. The van der Waals surface area contributed by atoms with Crippen LogP contribution in [0, 0.1) is 0 Å². The topological polar surface area (TPSA) is 111 Å². The van der Waals surface area contributed by atoms with Gasteiger partial charge in [-0.15, -0.1) is 5.10 Å². The molecule has 0 bridgehead atoms. The van der Waals surface area contributed by atoms with E-state index in [1.807, 2.05) is 0 Å². The summed E-state index contributed by atoms with van der Waals surface area (Å²) in [5, 5.41) is 15.1. The summed E-state index contributed by atoms with van der Waals surface area (Å²) < 4.78 is 1.62. The normalized spacial score (nSPS) is 11.1. The van der Waals surface area contributed by atoms with E-state index < -0.39 is 0 Å². The Bertz CT molecular complexity index is 651. The van der Waals surface area contributed by atoms with E-state index in [0.717, 1.165) is 11.1 Å². The largest absolute Gasteiger partial charge is 0.368 e. The Kier molecular flexibility index (Phi) is 1.64. The van der Waals surface area contributed by atoms with E-state index in [2.05, 4.69) is 30.5 Å². The average Bonchev–Trinajstić information content (AvgIpc) is 2.84. The van der Waals surface area contributed by atoms with Gasteiger partial charge in [0.1, 0.15) is 11.4 Å². The van der Waals surface area contributed by atoms with Crippen LogP contribution in [0.15, 0.2) is 12.4 Å². The van der Waals surface area contributed by atoms with Crippen LogP contribution >= 0.6 is 0 Å². The number of nitrogens with one attached hydrogen (secondary N) is 1. The smallest absolute Gasteiger partial charge is 0.222 e. The average molecular weight is 216 g/mol. The van der Waals surface area contributed by atoms with Gasteiger partial charge in [0.2, 0.25) is 5.95 Å². The molecule has 3 aromatic heterocycles. The van der Waals surface area contributed by atoms with Gasteiger partial charge in [-0.05, 0) is 0 Å². The van der Waals surface area contributed by atoms with Crippen LogP contribution in [-0.4, -0.2) is 35.2 Å². The lowest BCUT2D eigenvalue weighted by molar-refractivity contribution is 0.719. The molecule has 80 valence electrons. The lowest BCUT2D eigenvalue weighted by atomic mass is 10.2. The molecule has 0 aliphatic carbocycles. The third-order valence-corrected chi connectivity index (χ3v) is 2.28. The zero-order valence-electron chi connectivity index (χ0n) is 8.42. The molecule has 3 N–H and O–H groups in total. The Labute approximate surface area is 89.5 Å². The van der Waals surface area contributed by atoms with Gasteiger partial charge in [0, 0.05) is 7.05 Å². The molecule has 0 aromatic carbocycles. The van der Waals surface area contributed by atoms with E-state index in [0.29, 0.717) is 11.3 Å². The van der Waals surface area contributed by atoms with Crippen molar-refractivity contribution in [2.24, 2.45) is 7.05 Å². The molecule has 16 heavy (non-hydrogen) atoms. The fourth-order valence-corrected chi connectivity index (χ4v) is 1.55. The van der Waals surface area contributed by atoms with Crippen molar-refractivity contribution in [2.75, 3.05) is 5.73 Å². The van der Waals surface area contributed by atoms with Gasteiger partial charge < -0.3 is 5.73 Å². The Balaban J connectivity index is 2.38. The van der Waals surface area contributed by atoms with E-state index in [-0.39, 0.29) is 5.95 Å². The molecule has 0 amide bonds. The van der Waals surface area contributed by atoms with E-state index in [1.165, 1.54) is 0 Å². The SMILES string of the molecule is Cn1nncc1-c1nc(N)nc2[nH]ncc12. The number of nitrogens with two attached hydrogens (primary N) is 1. The molecule has 0 aliphatic heterocycles. The van der Waals surface area contributed by atoms with Crippen LogP contribution in [0.1, 0.15) is 0 Å². The molecule has 0 saturated heterocycles. The van der Waals surface area contributed by atoms with Crippen LogP contribution in [-0.2, 0) is 7.05 Å². The molecule has 3 aromatic rings. The highest BCUT2D eigenvalue weighted by Gasteiger charge is 2.13. The maximum Gasteiger partial charge on any atom is 0.222 e. The number of aromatic amines is 1.